The Hall–Kier alpha value is -4.68. The highest BCUT2D eigenvalue weighted by atomic mass is 19.4. The first-order valence-electron chi connectivity index (χ1n) is 14.4. The molecule has 1 aliphatic carbocycles. The van der Waals surface area contributed by atoms with Gasteiger partial charge >= 0.3 is 6.18 Å². The topological polar surface area (TPSA) is 110 Å². The molecule has 4 aromatic rings. The van der Waals surface area contributed by atoms with E-state index in [2.05, 4.69) is 20.3 Å². The number of nitrogens with one attached hydrogen (secondary N) is 1. The summed E-state index contributed by atoms with van der Waals surface area (Å²) >= 11 is 0. The first kappa shape index (κ1) is 30.4. The minimum Gasteiger partial charge on any atom is -0.337 e. The van der Waals surface area contributed by atoms with E-state index in [-0.39, 0.29) is 40.7 Å². The lowest BCUT2D eigenvalue weighted by Gasteiger charge is -2.27. The molecule has 0 bridgehead atoms. The van der Waals surface area contributed by atoms with Crippen LogP contribution in [0.25, 0.3) is 22.0 Å². The normalized spacial score (nSPS) is 20.8. The van der Waals surface area contributed by atoms with Gasteiger partial charge in [-0.1, -0.05) is 13.0 Å². The number of amides is 2. The third kappa shape index (κ3) is 5.23. The molecule has 13 heteroatoms. The standard InChI is InChI=1S/C32H30F4N6O3/c1-15-6-7-24(32(34,35)36)39-29(15)40-30(45)23-9-31(5)10-25(31)42(23)26(44)14-41-13-22(17(3)43)21-8-20(27(33)16(2)28(21)41)19-11-37-18(4)38-12-19/h6-8,11-13,23,25H,9-10,14H2,1-5H3,(H,39,40,45)/t23-,25+,31-/m0/s1. The molecule has 4 heterocycles. The average molecular weight is 623 g/mol. The van der Waals surface area contributed by atoms with Crippen LogP contribution in [0, 0.1) is 32.0 Å². The molecule has 0 radical (unpaired) electrons. The maximum absolute atomic E-state index is 15.8. The Morgan fingerprint density at radius 1 is 1.09 bits per heavy atom. The predicted molar refractivity (Wildman–Crippen MR) is 157 cm³/mol. The van der Waals surface area contributed by atoms with Crippen molar-refractivity contribution in [3.05, 3.63) is 70.8 Å². The maximum atomic E-state index is 15.8. The molecule has 3 aromatic heterocycles. The van der Waals surface area contributed by atoms with Crippen LogP contribution in [0.4, 0.5) is 23.4 Å². The number of carbonyl (C=O) groups is 3. The molecule has 45 heavy (non-hydrogen) atoms. The zero-order valence-corrected chi connectivity index (χ0v) is 25.2. The van der Waals surface area contributed by atoms with E-state index in [0.29, 0.717) is 46.3 Å². The van der Waals surface area contributed by atoms with Gasteiger partial charge in [0.15, 0.2) is 5.78 Å². The Morgan fingerprint density at radius 3 is 2.42 bits per heavy atom. The van der Waals surface area contributed by atoms with Gasteiger partial charge in [0.2, 0.25) is 11.8 Å². The van der Waals surface area contributed by atoms with Crippen molar-refractivity contribution in [2.24, 2.45) is 5.41 Å². The van der Waals surface area contributed by atoms with Gasteiger partial charge in [-0.3, -0.25) is 14.4 Å². The molecule has 3 atom stereocenters. The first-order chi connectivity index (χ1) is 21.1. The maximum Gasteiger partial charge on any atom is 0.433 e. The highest BCUT2D eigenvalue weighted by molar-refractivity contribution is 6.09. The highest BCUT2D eigenvalue weighted by Gasteiger charge is 2.64. The van der Waals surface area contributed by atoms with E-state index in [1.165, 1.54) is 48.0 Å². The minimum atomic E-state index is -4.69. The van der Waals surface area contributed by atoms with Crippen molar-refractivity contribution in [3.63, 3.8) is 0 Å². The van der Waals surface area contributed by atoms with Gasteiger partial charge in [-0.2, -0.15) is 13.2 Å². The fourth-order valence-electron chi connectivity index (χ4n) is 6.40. The Bertz CT molecular complexity index is 1900. The largest absolute Gasteiger partial charge is 0.433 e. The molecule has 1 saturated heterocycles. The summed E-state index contributed by atoms with van der Waals surface area (Å²) in [6.07, 6.45) is 0.823. The smallest absolute Gasteiger partial charge is 0.337 e. The van der Waals surface area contributed by atoms with Crippen LogP contribution < -0.4 is 5.32 Å². The third-order valence-corrected chi connectivity index (χ3v) is 8.96. The fraction of sp³-hybridized carbons (Fsp3) is 0.375. The zero-order chi connectivity index (χ0) is 32.6. The van der Waals surface area contributed by atoms with Gasteiger partial charge in [0.25, 0.3) is 0 Å². The second-order valence-corrected chi connectivity index (χ2v) is 12.2. The van der Waals surface area contributed by atoms with E-state index in [4.69, 9.17) is 0 Å². The summed E-state index contributed by atoms with van der Waals surface area (Å²) in [7, 11) is 0. The van der Waals surface area contributed by atoms with Crippen molar-refractivity contribution in [2.45, 2.75) is 72.3 Å². The molecular formula is C32H30F4N6O3. The summed E-state index contributed by atoms with van der Waals surface area (Å²) in [4.78, 5) is 53.4. The monoisotopic (exact) mass is 622 g/mol. The van der Waals surface area contributed by atoms with Gasteiger partial charge in [-0.25, -0.2) is 19.3 Å². The molecule has 6 rings (SSSR count). The van der Waals surface area contributed by atoms with E-state index < -0.39 is 35.5 Å². The number of aromatic nitrogens is 4. The molecule has 234 valence electrons. The summed E-state index contributed by atoms with van der Waals surface area (Å²) in [5.74, 6) is -1.60. The lowest BCUT2D eigenvalue weighted by atomic mass is 9.99. The number of piperidine rings is 1. The number of alkyl halides is 3. The predicted octanol–water partition coefficient (Wildman–Crippen LogP) is 5.80. The quantitative estimate of drug-likeness (QED) is 0.215. The number of Topliss-reactive ketones (excluding diaryl/α,β-unsaturated/α-hetero) is 1. The number of benzene rings is 1. The number of carbonyl (C=O) groups excluding carboxylic acids is 3. The van der Waals surface area contributed by atoms with Crippen LogP contribution in [-0.4, -0.2) is 54.1 Å². The zero-order valence-electron chi connectivity index (χ0n) is 25.2. The van der Waals surface area contributed by atoms with E-state index in [1.54, 1.807) is 19.9 Å². The SMILES string of the molecule is CC(=O)c1cn(CC(=O)N2[C@H](C(=O)Nc3nc(C(F)(F)F)ccc3C)C[C@@]3(C)C[C@@H]23)c2c(C)c(F)c(-c3cnc(C)nc3)cc12. The lowest BCUT2D eigenvalue weighted by molar-refractivity contribution is -0.141. The van der Waals surface area contributed by atoms with E-state index in [9.17, 15) is 27.6 Å². The van der Waals surface area contributed by atoms with Gasteiger partial charge in [-0.05, 0) is 63.6 Å². The van der Waals surface area contributed by atoms with Crippen molar-refractivity contribution in [1.82, 2.24) is 24.4 Å². The van der Waals surface area contributed by atoms with Crippen LogP contribution in [0.5, 0.6) is 0 Å². The molecule has 1 aliphatic heterocycles. The van der Waals surface area contributed by atoms with Crippen LogP contribution in [0.3, 0.4) is 0 Å². The summed E-state index contributed by atoms with van der Waals surface area (Å²) in [6, 6.07) is 2.43. The molecule has 1 saturated carbocycles. The number of halogens is 4. The number of nitrogens with zero attached hydrogens (tertiary/aromatic N) is 5. The van der Waals surface area contributed by atoms with Gasteiger partial charge in [0, 0.05) is 52.3 Å². The van der Waals surface area contributed by atoms with Crippen molar-refractivity contribution >= 4 is 34.3 Å². The van der Waals surface area contributed by atoms with Crippen LogP contribution in [-0.2, 0) is 22.3 Å². The molecule has 2 fully saturated rings. The van der Waals surface area contributed by atoms with Gasteiger partial charge in [0.1, 0.15) is 35.7 Å². The molecule has 0 spiro atoms. The summed E-state index contributed by atoms with van der Waals surface area (Å²) < 4.78 is 57.2. The Balaban J connectivity index is 1.33. The molecular weight excluding hydrogens is 592 g/mol. The Labute approximate surface area is 255 Å². The molecule has 2 aliphatic rings. The number of pyridine rings is 1. The van der Waals surface area contributed by atoms with Crippen LogP contribution in [0.2, 0.25) is 0 Å². The van der Waals surface area contributed by atoms with Crippen LogP contribution in [0.15, 0.2) is 36.8 Å². The second-order valence-electron chi connectivity index (χ2n) is 12.2. The van der Waals surface area contributed by atoms with Gasteiger partial charge in [0.05, 0.1) is 5.52 Å². The minimum absolute atomic E-state index is 0.218. The lowest BCUT2D eigenvalue weighted by Crippen LogP contribution is -2.46. The van der Waals surface area contributed by atoms with Gasteiger partial charge in [-0.15, -0.1) is 0 Å². The fourth-order valence-corrected chi connectivity index (χ4v) is 6.40. The number of hydrogen-bond acceptors (Lipinski definition) is 6. The summed E-state index contributed by atoms with van der Waals surface area (Å²) in [6.45, 7) is 7.86. The molecule has 1 N–H and O–H groups in total. The number of hydrogen-bond donors (Lipinski definition) is 1. The number of anilines is 1. The van der Waals surface area contributed by atoms with E-state index in [0.717, 1.165) is 6.07 Å². The van der Waals surface area contributed by atoms with E-state index in [1.807, 2.05) is 6.92 Å². The van der Waals surface area contributed by atoms with Crippen molar-refractivity contribution < 1.29 is 31.9 Å². The van der Waals surface area contributed by atoms with Gasteiger partial charge < -0.3 is 14.8 Å². The first-order valence-corrected chi connectivity index (χ1v) is 14.4. The Kier molecular flexibility index (Phi) is 7.05. The summed E-state index contributed by atoms with van der Waals surface area (Å²) in [5, 5.41) is 2.97. The molecule has 9 nitrogen and oxygen atoms in total. The molecule has 1 aromatic carbocycles. The highest BCUT2D eigenvalue weighted by Crippen LogP contribution is 2.59. The second kappa shape index (κ2) is 10.5. The van der Waals surface area contributed by atoms with Crippen molar-refractivity contribution in [3.8, 4) is 11.1 Å². The van der Waals surface area contributed by atoms with E-state index >= 15 is 4.39 Å². The third-order valence-electron chi connectivity index (χ3n) is 8.96. The number of likely N-dealkylation sites (tertiary alicyclic amines) is 1. The molecule has 2 amide bonds. The number of ketones is 1. The van der Waals surface area contributed by atoms with Crippen LogP contribution in [0.1, 0.15) is 59.7 Å². The number of fused-ring (bicyclic) bond motifs is 2. The number of aryl methyl sites for hydroxylation is 3. The average Bonchev–Trinajstić information content (AvgIpc) is 3.32. The van der Waals surface area contributed by atoms with Crippen molar-refractivity contribution in [1.29, 1.82) is 0 Å². The van der Waals surface area contributed by atoms with Crippen molar-refractivity contribution in [2.75, 3.05) is 5.32 Å². The van der Waals surface area contributed by atoms with Crippen LogP contribution >= 0.6 is 0 Å². The molecule has 0 unspecified atom stereocenters. The Morgan fingerprint density at radius 2 is 1.78 bits per heavy atom. The summed E-state index contributed by atoms with van der Waals surface area (Å²) in [5.41, 5.74) is 0.429. The number of rotatable bonds is 6.